The summed E-state index contributed by atoms with van der Waals surface area (Å²) in [6.45, 7) is 0. The molecule has 0 saturated carbocycles. The van der Waals surface area contributed by atoms with Crippen LogP contribution in [0.4, 0.5) is 0 Å². The van der Waals surface area contributed by atoms with Crippen LogP contribution in [0.15, 0.2) is 23.2 Å². The molecule has 76 valence electrons. The number of methoxy groups -OCH3 is 2. The zero-order chi connectivity index (χ0) is 10.6. The summed E-state index contributed by atoms with van der Waals surface area (Å²) in [5, 5.41) is 0.617. The second-order valence-corrected chi connectivity index (χ2v) is 3.39. The lowest BCUT2D eigenvalue weighted by Crippen LogP contribution is -1.91. The summed E-state index contributed by atoms with van der Waals surface area (Å²) in [5.74, 6) is 1.35. The van der Waals surface area contributed by atoms with Crippen molar-refractivity contribution in [3.05, 3.63) is 28.7 Å². The van der Waals surface area contributed by atoms with Gasteiger partial charge >= 0.3 is 0 Å². The third-order valence-corrected chi connectivity index (χ3v) is 2.80. The minimum atomic E-state index is 0.617. The van der Waals surface area contributed by atoms with Crippen molar-refractivity contribution in [1.29, 1.82) is 0 Å². The fraction of sp³-hybridized carbons (Fsp3) is 0.200. The van der Waals surface area contributed by atoms with E-state index in [1.165, 1.54) is 0 Å². The lowest BCUT2D eigenvalue weighted by atomic mass is 10.2. The predicted octanol–water partition coefficient (Wildman–Crippen LogP) is 3.64. The number of rotatable bonds is 3. The molecule has 0 aliphatic rings. The number of hydrogen-bond donors (Lipinski definition) is 0. The molecule has 0 radical (unpaired) electrons. The molecule has 4 heteroatoms. The van der Waals surface area contributed by atoms with Gasteiger partial charge in [0.25, 0.3) is 0 Å². The van der Waals surface area contributed by atoms with Crippen molar-refractivity contribution >= 4 is 32.6 Å². The average Bonchev–Trinajstić information content (AvgIpc) is 2.26. The Morgan fingerprint density at radius 3 is 2.43 bits per heavy atom. The Labute approximate surface area is 96.6 Å². The van der Waals surface area contributed by atoms with Crippen LogP contribution in [-0.4, -0.2) is 14.2 Å². The van der Waals surface area contributed by atoms with Crippen LogP contribution in [-0.2, 0) is 0 Å². The molecular weight excluding hydrogens is 267 g/mol. The third-order valence-electron chi connectivity index (χ3n) is 1.76. The fourth-order valence-electron chi connectivity index (χ4n) is 1.05. The van der Waals surface area contributed by atoms with Gasteiger partial charge in [-0.15, -0.1) is 0 Å². The van der Waals surface area contributed by atoms with Crippen molar-refractivity contribution in [3.63, 3.8) is 0 Å². The van der Waals surface area contributed by atoms with Crippen molar-refractivity contribution in [3.8, 4) is 11.5 Å². The first-order valence-electron chi connectivity index (χ1n) is 3.91. The maximum atomic E-state index is 5.93. The summed E-state index contributed by atoms with van der Waals surface area (Å²) in [5.41, 5.74) is 0.876. The molecule has 1 rings (SSSR count). The fourth-order valence-corrected chi connectivity index (χ4v) is 1.43. The highest BCUT2D eigenvalue weighted by Crippen LogP contribution is 2.31. The molecule has 0 heterocycles. The highest BCUT2D eigenvalue weighted by atomic mass is 79.9. The van der Waals surface area contributed by atoms with Gasteiger partial charge in [-0.25, -0.2) is 0 Å². The predicted molar refractivity (Wildman–Crippen MR) is 62.3 cm³/mol. The molecule has 0 saturated heterocycles. The molecule has 1 aromatic carbocycles. The molecular formula is C10H10BrClO2. The first kappa shape index (κ1) is 11.4. The van der Waals surface area contributed by atoms with E-state index in [0.717, 1.165) is 5.56 Å². The van der Waals surface area contributed by atoms with E-state index >= 15 is 0 Å². The van der Waals surface area contributed by atoms with Crippen LogP contribution in [0.2, 0.25) is 0 Å². The molecule has 0 aliphatic carbocycles. The second-order valence-electron chi connectivity index (χ2n) is 2.53. The number of benzene rings is 1. The lowest BCUT2D eigenvalue weighted by Gasteiger charge is -2.08. The standard InChI is InChI=1S/C10H10BrClO2/c1-13-9-4-3-7(8(12)6-11)5-10(9)14-2/h3-6H,1-2H3/b8-6-. The maximum absolute atomic E-state index is 5.93. The van der Waals surface area contributed by atoms with Gasteiger partial charge in [0.2, 0.25) is 0 Å². The Hall–Kier alpha value is -0.670. The van der Waals surface area contributed by atoms with Gasteiger partial charge in [0.15, 0.2) is 11.5 Å². The van der Waals surface area contributed by atoms with Crippen LogP contribution in [0.25, 0.3) is 5.03 Å². The molecule has 2 nitrogen and oxygen atoms in total. The summed E-state index contributed by atoms with van der Waals surface area (Å²) >= 11 is 9.10. The van der Waals surface area contributed by atoms with Gasteiger partial charge in [0, 0.05) is 4.99 Å². The van der Waals surface area contributed by atoms with E-state index in [0.29, 0.717) is 16.5 Å². The molecule has 1 aromatic rings. The van der Waals surface area contributed by atoms with Crippen molar-refractivity contribution in [2.24, 2.45) is 0 Å². The molecule has 0 spiro atoms. The van der Waals surface area contributed by atoms with Crippen molar-refractivity contribution in [2.45, 2.75) is 0 Å². The van der Waals surface area contributed by atoms with Crippen molar-refractivity contribution in [1.82, 2.24) is 0 Å². The molecule has 0 bridgehead atoms. The number of hydrogen-bond acceptors (Lipinski definition) is 2. The Bertz CT molecular complexity index is 350. The summed E-state index contributed by atoms with van der Waals surface area (Å²) in [4.78, 5) is 1.65. The number of halogens is 2. The maximum Gasteiger partial charge on any atom is 0.161 e. The molecule has 0 atom stereocenters. The topological polar surface area (TPSA) is 18.5 Å². The van der Waals surface area contributed by atoms with E-state index in [1.54, 1.807) is 19.2 Å². The quantitative estimate of drug-likeness (QED) is 0.840. The van der Waals surface area contributed by atoms with Crippen molar-refractivity contribution in [2.75, 3.05) is 14.2 Å². The molecule has 0 N–H and O–H groups in total. The molecule has 0 aliphatic heterocycles. The van der Waals surface area contributed by atoms with Crippen LogP contribution >= 0.6 is 27.5 Å². The lowest BCUT2D eigenvalue weighted by molar-refractivity contribution is 0.355. The van der Waals surface area contributed by atoms with E-state index in [4.69, 9.17) is 21.1 Å². The zero-order valence-electron chi connectivity index (χ0n) is 7.88. The average molecular weight is 278 g/mol. The molecule has 0 unspecified atom stereocenters. The van der Waals surface area contributed by atoms with Crippen LogP contribution < -0.4 is 9.47 Å². The van der Waals surface area contributed by atoms with Crippen molar-refractivity contribution < 1.29 is 9.47 Å². The van der Waals surface area contributed by atoms with Gasteiger partial charge in [-0.05, 0) is 23.8 Å². The smallest absolute Gasteiger partial charge is 0.161 e. The Balaban J connectivity index is 3.14. The summed E-state index contributed by atoms with van der Waals surface area (Å²) in [6, 6.07) is 5.49. The Kier molecular flexibility index (Phi) is 4.29. The van der Waals surface area contributed by atoms with E-state index < -0.39 is 0 Å². The van der Waals surface area contributed by atoms with E-state index in [2.05, 4.69) is 15.9 Å². The summed E-state index contributed by atoms with van der Waals surface area (Å²) in [6.07, 6.45) is 0. The van der Waals surface area contributed by atoms with Crippen LogP contribution in [0.1, 0.15) is 5.56 Å². The minimum absolute atomic E-state index is 0.617. The van der Waals surface area contributed by atoms with Gasteiger partial charge in [-0.2, -0.15) is 0 Å². The summed E-state index contributed by atoms with van der Waals surface area (Å²) < 4.78 is 10.3. The molecule has 0 fully saturated rings. The van der Waals surface area contributed by atoms with Crippen LogP contribution in [0.5, 0.6) is 11.5 Å². The van der Waals surface area contributed by atoms with Gasteiger partial charge in [-0.3, -0.25) is 0 Å². The minimum Gasteiger partial charge on any atom is -0.493 e. The third kappa shape index (κ3) is 2.42. The first-order chi connectivity index (χ1) is 6.72. The second kappa shape index (κ2) is 5.27. The first-order valence-corrected chi connectivity index (χ1v) is 5.20. The molecule has 0 amide bonds. The van der Waals surface area contributed by atoms with Crippen LogP contribution in [0.3, 0.4) is 0 Å². The zero-order valence-corrected chi connectivity index (χ0v) is 10.2. The summed E-state index contributed by atoms with van der Waals surface area (Å²) in [7, 11) is 3.19. The van der Waals surface area contributed by atoms with Crippen LogP contribution in [0, 0.1) is 0 Å². The van der Waals surface area contributed by atoms with Gasteiger partial charge < -0.3 is 9.47 Å². The Morgan fingerprint density at radius 2 is 1.93 bits per heavy atom. The molecule has 14 heavy (non-hydrogen) atoms. The normalized spacial score (nSPS) is 11.3. The monoisotopic (exact) mass is 276 g/mol. The van der Waals surface area contributed by atoms with E-state index in [-0.39, 0.29) is 0 Å². The highest BCUT2D eigenvalue weighted by Gasteiger charge is 2.05. The SMILES string of the molecule is COc1ccc(/C(Cl)=C/Br)cc1OC. The van der Waals surface area contributed by atoms with Gasteiger partial charge in [0.1, 0.15) is 0 Å². The van der Waals surface area contributed by atoms with Gasteiger partial charge in [-0.1, -0.05) is 27.5 Å². The largest absolute Gasteiger partial charge is 0.493 e. The van der Waals surface area contributed by atoms with E-state index in [1.807, 2.05) is 18.2 Å². The molecule has 0 aromatic heterocycles. The number of ether oxygens (including phenoxy) is 2. The Morgan fingerprint density at radius 1 is 1.29 bits per heavy atom. The van der Waals surface area contributed by atoms with Gasteiger partial charge in [0.05, 0.1) is 19.3 Å². The van der Waals surface area contributed by atoms with E-state index in [9.17, 15) is 0 Å². The highest BCUT2D eigenvalue weighted by molar-refractivity contribution is 9.11.